The molecular formula is C15H24N2. The van der Waals surface area contributed by atoms with Gasteiger partial charge in [0, 0.05) is 30.2 Å². The van der Waals surface area contributed by atoms with Crippen LogP contribution in [0.1, 0.15) is 39.2 Å². The minimum Gasteiger partial charge on any atom is -0.371 e. The maximum atomic E-state index is 6.15. The van der Waals surface area contributed by atoms with Crippen molar-refractivity contribution in [3.05, 3.63) is 29.8 Å². The summed E-state index contributed by atoms with van der Waals surface area (Å²) in [6.45, 7) is 8.96. The first kappa shape index (κ1) is 12.4. The molecule has 1 atom stereocenters. The maximum Gasteiger partial charge on any atom is 0.0404 e. The van der Waals surface area contributed by atoms with Crippen LogP contribution in [0.15, 0.2) is 24.3 Å². The van der Waals surface area contributed by atoms with Crippen LogP contribution < -0.4 is 10.6 Å². The predicted octanol–water partition coefficient (Wildman–Crippen LogP) is 2.91. The average Bonchev–Trinajstić information content (AvgIpc) is 2.82. The average molecular weight is 232 g/mol. The Bertz CT molecular complexity index is 376. The molecule has 94 valence electrons. The van der Waals surface area contributed by atoms with Gasteiger partial charge in [0.2, 0.25) is 0 Å². The first-order valence-corrected chi connectivity index (χ1v) is 6.63. The molecule has 2 heteroatoms. The van der Waals surface area contributed by atoms with E-state index < -0.39 is 0 Å². The second-order valence-corrected chi connectivity index (χ2v) is 5.72. The van der Waals surface area contributed by atoms with Gasteiger partial charge in [0.15, 0.2) is 0 Å². The molecule has 2 N–H and O–H groups in total. The predicted molar refractivity (Wildman–Crippen MR) is 74.6 cm³/mol. The number of rotatable bonds is 3. The molecule has 0 bridgehead atoms. The molecular weight excluding hydrogens is 208 g/mol. The number of benzene rings is 1. The molecule has 1 aliphatic rings. The highest BCUT2D eigenvalue weighted by Crippen LogP contribution is 2.35. The molecule has 1 unspecified atom stereocenters. The van der Waals surface area contributed by atoms with Gasteiger partial charge in [-0.1, -0.05) is 32.0 Å². The van der Waals surface area contributed by atoms with Gasteiger partial charge in [-0.15, -0.1) is 0 Å². The Balaban J connectivity index is 2.39. The largest absolute Gasteiger partial charge is 0.371 e. The Morgan fingerprint density at radius 3 is 2.35 bits per heavy atom. The van der Waals surface area contributed by atoms with Crippen molar-refractivity contribution in [2.45, 2.75) is 45.1 Å². The highest BCUT2D eigenvalue weighted by atomic mass is 15.1. The molecule has 2 rings (SSSR count). The summed E-state index contributed by atoms with van der Waals surface area (Å²) in [5.41, 5.74) is 8.95. The van der Waals surface area contributed by atoms with E-state index in [1.54, 1.807) is 0 Å². The highest BCUT2D eigenvalue weighted by Gasteiger charge is 2.29. The molecule has 1 aromatic carbocycles. The van der Waals surface area contributed by atoms with Crippen LogP contribution in [0.4, 0.5) is 5.69 Å². The van der Waals surface area contributed by atoms with Gasteiger partial charge < -0.3 is 10.6 Å². The quantitative estimate of drug-likeness (QED) is 0.868. The van der Waals surface area contributed by atoms with Crippen molar-refractivity contribution in [3.63, 3.8) is 0 Å². The Morgan fingerprint density at radius 2 is 1.76 bits per heavy atom. The number of nitrogens with zero attached hydrogens (tertiary/aromatic N) is 1. The van der Waals surface area contributed by atoms with E-state index in [1.807, 2.05) is 0 Å². The lowest BCUT2D eigenvalue weighted by atomic mass is 9.78. The number of nitrogens with two attached hydrogens (primary N) is 1. The molecule has 0 spiro atoms. The second-order valence-electron chi connectivity index (χ2n) is 5.72. The zero-order valence-electron chi connectivity index (χ0n) is 11.2. The van der Waals surface area contributed by atoms with Crippen LogP contribution in [0.3, 0.4) is 0 Å². The summed E-state index contributed by atoms with van der Waals surface area (Å²) in [5, 5.41) is 0. The standard InChI is InChI=1S/C15H24N2/c1-12(16)15(2,3)13-8-4-5-9-14(13)17-10-6-7-11-17/h4-5,8-9,12H,6-7,10-11,16H2,1-3H3. The van der Waals surface area contributed by atoms with E-state index in [1.165, 1.54) is 37.2 Å². The van der Waals surface area contributed by atoms with E-state index in [2.05, 4.69) is 49.9 Å². The third kappa shape index (κ3) is 2.32. The van der Waals surface area contributed by atoms with Gasteiger partial charge in [-0.05, 0) is 31.4 Å². The van der Waals surface area contributed by atoms with Crippen LogP contribution in [-0.4, -0.2) is 19.1 Å². The molecule has 1 saturated heterocycles. The fourth-order valence-corrected chi connectivity index (χ4v) is 2.50. The van der Waals surface area contributed by atoms with Crippen LogP contribution >= 0.6 is 0 Å². The maximum absolute atomic E-state index is 6.15. The summed E-state index contributed by atoms with van der Waals surface area (Å²) in [6, 6.07) is 8.89. The van der Waals surface area contributed by atoms with Crippen molar-refractivity contribution < 1.29 is 0 Å². The summed E-state index contributed by atoms with van der Waals surface area (Å²) in [6.07, 6.45) is 2.62. The van der Waals surface area contributed by atoms with E-state index >= 15 is 0 Å². The Labute approximate surface area is 105 Å². The minimum absolute atomic E-state index is 0.0270. The van der Waals surface area contributed by atoms with Crippen molar-refractivity contribution in [2.75, 3.05) is 18.0 Å². The fourth-order valence-electron chi connectivity index (χ4n) is 2.50. The molecule has 2 nitrogen and oxygen atoms in total. The normalized spacial score (nSPS) is 18.5. The van der Waals surface area contributed by atoms with Crippen LogP contribution in [0, 0.1) is 0 Å². The summed E-state index contributed by atoms with van der Waals surface area (Å²) >= 11 is 0. The van der Waals surface area contributed by atoms with E-state index in [4.69, 9.17) is 5.73 Å². The molecule has 1 heterocycles. The van der Waals surface area contributed by atoms with Gasteiger partial charge in [-0.2, -0.15) is 0 Å². The topological polar surface area (TPSA) is 29.3 Å². The van der Waals surface area contributed by atoms with E-state index in [-0.39, 0.29) is 11.5 Å². The lowest BCUT2D eigenvalue weighted by Crippen LogP contribution is -2.39. The van der Waals surface area contributed by atoms with Gasteiger partial charge in [-0.25, -0.2) is 0 Å². The highest BCUT2D eigenvalue weighted by molar-refractivity contribution is 5.57. The molecule has 0 aliphatic carbocycles. The van der Waals surface area contributed by atoms with Crippen LogP contribution in [0.5, 0.6) is 0 Å². The summed E-state index contributed by atoms with van der Waals surface area (Å²) in [5.74, 6) is 0. The minimum atomic E-state index is 0.0270. The van der Waals surface area contributed by atoms with Gasteiger partial charge >= 0.3 is 0 Å². The lowest BCUT2D eigenvalue weighted by molar-refractivity contribution is 0.434. The monoisotopic (exact) mass is 232 g/mol. The lowest BCUT2D eigenvalue weighted by Gasteiger charge is -2.34. The fraction of sp³-hybridized carbons (Fsp3) is 0.600. The van der Waals surface area contributed by atoms with Gasteiger partial charge in [-0.3, -0.25) is 0 Å². The van der Waals surface area contributed by atoms with E-state index in [0.29, 0.717) is 0 Å². The summed E-state index contributed by atoms with van der Waals surface area (Å²) in [7, 11) is 0. The van der Waals surface area contributed by atoms with Gasteiger partial charge in [0.25, 0.3) is 0 Å². The SMILES string of the molecule is CC(N)C(C)(C)c1ccccc1N1CCCC1. The molecule has 1 aliphatic heterocycles. The summed E-state index contributed by atoms with van der Waals surface area (Å²) in [4.78, 5) is 2.50. The van der Waals surface area contributed by atoms with Crippen LogP contribution in [0.2, 0.25) is 0 Å². The van der Waals surface area contributed by atoms with Crippen LogP contribution in [-0.2, 0) is 5.41 Å². The third-order valence-corrected chi connectivity index (χ3v) is 4.18. The van der Waals surface area contributed by atoms with Crippen molar-refractivity contribution >= 4 is 5.69 Å². The Hall–Kier alpha value is -1.02. The van der Waals surface area contributed by atoms with Crippen molar-refractivity contribution in [1.29, 1.82) is 0 Å². The molecule has 17 heavy (non-hydrogen) atoms. The molecule has 0 aromatic heterocycles. The first-order valence-electron chi connectivity index (χ1n) is 6.63. The molecule has 0 radical (unpaired) electrons. The Morgan fingerprint density at radius 1 is 1.18 bits per heavy atom. The smallest absolute Gasteiger partial charge is 0.0404 e. The van der Waals surface area contributed by atoms with Crippen molar-refractivity contribution in [2.24, 2.45) is 5.73 Å². The number of hydrogen-bond acceptors (Lipinski definition) is 2. The number of para-hydroxylation sites is 1. The second kappa shape index (κ2) is 4.69. The van der Waals surface area contributed by atoms with Crippen LogP contribution in [0.25, 0.3) is 0 Å². The molecule has 0 saturated carbocycles. The van der Waals surface area contributed by atoms with Crippen molar-refractivity contribution in [1.82, 2.24) is 0 Å². The third-order valence-electron chi connectivity index (χ3n) is 4.18. The van der Waals surface area contributed by atoms with E-state index in [9.17, 15) is 0 Å². The first-order chi connectivity index (χ1) is 8.03. The number of anilines is 1. The zero-order valence-corrected chi connectivity index (χ0v) is 11.2. The van der Waals surface area contributed by atoms with Crippen molar-refractivity contribution in [3.8, 4) is 0 Å². The summed E-state index contributed by atoms with van der Waals surface area (Å²) < 4.78 is 0. The molecule has 1 aromatic rings. The van der Waals surface area contributed by atoms with E-state index in [0.717, 1.165) is 0 Å². The zero-order chi connectivity index (χ0) is 12.5. The van der Waals surface area contributed by atoms with Gasteiger partial charge in [0.1, 0.15) is 0 Å². The molecule has 1 fully saturated rings. The molecule has 0 amide bonds. The Kier molecular flexibility index (Phi) is 3.43. The number of hydrogen-bond donors (Lipinski definition) is 1. The van der Waals surface area contributed by atoms with Gasteiger partial charge in [0.05, 0.1) is 0 Å².